The summed E-state index contributed by atoms with van der Waals surface area (Å²) in [5.74, 6) is 0.468. The van der Waals surface area contributed by atoms with E-state index in [1.54, 1.807) is 17.4 Å². The average molecular weight is 291 g/mol. The predicted molar refractivity (Wildman–Crippen MR) is 68.1 cm³/mol. The van der Waals surface area contributed by atoms with Crippen LogP contribution >= 0.6 is 0 Å². The lowest BCUT2D eigenvalue weighted by molar-refractivity contribution is -0.237. The van der Waals surface area contributed by atoms with Gasteiger partial charge < -0.3 is 9.30 Å². The third kappa shape index (κ3) is 3.96. The number of aromatic nitrogens is 2. The van der Waals surface area contributed by atoms with E-state index in [1.807, 2.05) is 4.57 Å². The lowest BCUT2D eigenvalue weighted by atomic mass is 10.2. The first kappa shape index (κ1) is 15.3. The van der Waals surface area contributed by atoms with E-state index in [1.165, 1.54) is 0 Å². The third-order valence-electron chi connectivity index (χ3n) is 3.26. The molecule has 1 aromatic heterocycles. The van der Waals surface area contributed by atoms with Crippen molar-refractivity contribution in [1.82, 2.24) is 14.5 Å². The van der Waals surface area contributed by atoms with Crippen molar-refractivity contribution in [3.63, 3.8) is 0 Å². The molecule has 0 spiro atoms. The van der Waals surface area contributed by atoms with E-state index in [4.69, 9.17) is 4.74 Å². The molecule has 7 heteroatoms. The summed E-state index contributed by atoms with van der Waals surface area (Å²) in [4.78, 5) is 5.86. The highest BCUT2D eigenvalue weighted by Crippen LogP contribution is 2.26. The number of hydrogen-bond donors (Lipinski definition) is 0. The Hall–Kier alpha value is -1.08. The molecule has 1 fully saturated rings. The molecule has 0 unspecified atom stereocenters. The molecule has 20 heavy (non-hydrogen) atoms. The Balaban J connectivity index is 1.98. The minimum atomic E-state index is -4.29. The van der Waals surface area contributed by atoms with Crippen molar-refractivity contribution in [3.8, 4) is 0 Å². The zero-order valence-corrected chi connectivity index (χ0v) is 11.7. The fraction of sp³-hybridized carbons (Fsp3) is 0.769. The van der Waals surface area contributed by atoms with Crippen molar-refractivity contribution >= 4 is 0 Å². The Labute approximate surface area is 116 Å². The van der Waals surface area contributed by atoms with Crippen LogP contribution in [0.15, 0.2) is 12.5 Å². The number of rotatable bonds is 4. The minimum Gasteiger partial charge on any atom is -0.366 e. The molecule has 0 aromatic carbocycles. The highest BCUT2D eigenvalue weighted by Gasteiger charge is 2.43. The van der Waals surface area contributed by atoms with Gasteiger partial charge >= 0.3 is 6.18 Å². The first-order valence-electron chi connectivity index (χ1n) is 6.76. The van der Waals surface area contributed by atoms with E-state index in [0.29, 0.717) is 19.0 Å². The molecular weight excluding hydrogens is 271 g/mol. The highest BCUT2D eigenvalue weighted by atomic mass is 19.4. The molecule has 1 atom stereocenters. The lowest BCUT2D eigenvalue weighted by Gasteiger charge is -2.33. The van der Waals surface area contributed by atoms with E-state index < -0.39 is 12.3 Å². The van der Waals surface area contributed by atoms with Crippen LogP contribution in [0.25, 0.3) is 0 Å². The van der Waals surface area contributed by atoms with Crippen LogP contribution in [-0.4, -0.2) is 46.4 Å². The molecule has 0 amide bonds. The van der Waals surface area contributed by atoms with Gasteiger partial charge in [-0.25, -0.2) is 4.98 Å². The topological polar surface area (TPSA) is 30.3 Å². The largest absolute Gasteiger partial charge is 0.415 e. The van der Waals surface area contributed by atoms with Gasteiger partial charge in [0.05, 0.1) is 18.6 Å². The second-order valence-electron chi connectivity index (χ2n) is 5.57. The van der Waals surface area contributed by atoms with Gasteiger partial charge in [-0.05, 0) is 5.92 Å². The number of nitrogens with zero attached hydrogens (tertiary/aromatic N) is 3. The second kappa shape index (κ2) is 6.13. The maximum absolute atomic E-state index is 12.7. The fourth-order valence-electron chi connectivity index (χ4n) is 2.31. The number of imidazole rings is 1. The van der Waals surface area contributed by atoms with Crippen LogP contribution in [0.4, 0.5) is 13.2 Å². The van der Waals surface area contributed by atoms with Crippen molar-refractivity contribution in [2.45, 2.75) is 39.2 Å². The van der Waals surface area contributed by atoms with Crippen molar-refractivity contribution in [2.75, 3.05) is 19.7 Å². The Bertz CT molecular complexity index is 431. The van der Waals surface area contributed by atoms with E-state index in [2.05, 4.69) is 18.8 Å². The molecular formula is C13H20F3N3O. The summed E-state index contributed by atoms with van der Waals surface area (Å²) >= 11 is 0. The first-order chi connectivity index (χ1) is 9.36. The van der Waals surface area contributed by atoms with Gasteiger partial charge in [-0.1, -0.05) is 13.8 Å². The van der Waals surface area contributed by atoms with Gasteiger partial charge in [-0.15, -0.1) is 0 Å². The molecule has 1 aliphatic heterocycles. The van der Waals surface area contributed by atoms with Crippen LogP contribution in [0.2, 0.25) is 0 Å². The van der Waals surface area contributed by atoms with Crippen molar-refractivity contribution < 1.29 is 17.9 Å². The van der Waals surface area contributed by atoms with Crippen molar-refractivity contribution in [3.05, 3.63) is 18.2 Å². The molecule has 0 saturated carbocycles. The molecule has 0 radical (unpaired) electrons. The molecule has 2 rings (SSSR count). The monoisotopic (exact) mass is 291 g/mol. The van der Waals surface area contributed by atoms with E-state index in [-0.39, 0.29) is 13.2 Å². The Morgan fingerprint density at radius 1 is 1.45 bits per heavy atom. The summed E-state index contributed by atoms with van der Waals surface area (Å²) in [7, 11) is 0. The molecule has 114 valence electrons. The second-order valence-corrected chi connectivity index (χ2v) is 5.57. The van der Waals surface area contributed by atoms with Gasteiger partial charge in [0.2, 0.25) is 0 Å². The third-order valence-corrected chi connectivity index (χ3v) is 3.26. The zero-order valence-electron chi connectivity index (χ0n) is 11.7. The van der Waals surface area contributed by atoms with Crippen LogP contribution in [0.3, 0.4) is 0 Å². The van der Waals surface area contributed by atoms with E-state index in [9.17, 15) is 13.2 Å². The summed E-state index contributed by atoms with van der Waals surface area (Å²) in [5.41, 5.74) is 0.946. The SMILES string of the molecule is CC(C)Cn1cncc1CN1CCO[C@@H](C(F)(F)F)C1. The van der Waals surface area contributed by atoms with E-state index >= 15 is 0 Å². The molecule has 1 aliphatic rings. The molecule has 4 nitrogen and oxygen atoms in total. The molecule has 1 aromatic rings. The van der Waals surface area contributed by atoms with E-state index in [0.717, 1.165) is 12.2 Å². The van der Waals surface area contributed by atoms with Crippen molar-refractivity contribution in [1.29, 1.82) is 0 Å². The predicted octanol–water partition coefficient (Wildman–Crippen LogP) is 2.30. The summed E-state index contributed by atoms with van der Waals surface area (Å²) in [6, 6.07) is 0. The van der Waals surface area contributed by atoms with Gasteiger partial charge in [0.15, 0.2) is 6.10 Å². The quantitative estimate of drug-likeness (QED) is 0.853. The van der Waals surface area contributed by atoms with Gasteiger partial charge in [0.25, 0.3) is 0 Å². The smallest absolute Gasteiger partial charge is 0.366 e. The first-order valence-corrected chi connectivity index (χ1v) is 6.76. The lowest BCUT2D eigenvalue weighted by Crippen LogP contribution is -2.48. The standard InChI is InChI=1S/C13H20F3N3O/c1-10(2)6-19-9-17-5-11(19)7-18-3-4-20-12(8-18)13(14,15)16/h5,9-10,12H,3-4,6-8H2,1-2H3/t12-/m1/s1. The van der Waals surface area contributed by atoms with Gasteiger partial charge in [-0.2, -0.15) is 13.2 Å². The molecule has 0 bridgehead atoms. The number of halogens is 3. The number of ether oxygens (including phenoxy) is 1. The Morgan fingerprint density at radius 2 is 2.20 bits per heavy atom. The number of morpholine rings is 1. The minimum absolute atomic E-state index is 0.114. The van der Waals surface area contributed by atoms with Gasteiger partial charge in [-0.3, -0.25) is 4.90 Å². The summed E-state index contributed by atoms with van der Waals surface area (Å²) < 4.78 is 44.8. The Morgan fingerprint density at radius 3 is 2.85 bits per heavy atom. The van der Waals surface area contributed by atoms with Crippen LogP contribution in [-0.2, 0) is 17.8 Å². The maximum Gasteiger partial charge on any atom is 0.415 e. The van der Waals surface area contributed by atoms with Gasteiger partial charge in [0, 0.05) is 32.4 Å². The summed E-state index contributed by atoms with van der Waals surface area (Å²) in [5, 5.41) is 0. The molecule has 0 N–H and O–H groups in total. The van der Waals surface area contributed by atoms with Crippen molar-refractivity contribution in [2.24, 2.45) is 5.92 Å². The van der Waals surface area contributed by atoms with Crippen LogP contribution in [0.5, 0.6) is 0 Å². The summed E-state index contributed by atoms with van der Waals surface area (Å²) in [6.07, 6.45) is -2.52. The fourth-order valence-corrected chi connectivity index (χ4v) is 2.31. The normalized spacial score (nSPS) is 21.6. The number of alkyl halides is 3. The summed E-state index contributed by atoms with van der Waals surface area (Å²) in [6.45, 7) is 6.00. The average Bonchev–Trinajstić information content (AvgIpc) is 2.75. The number of hydrogen-bond acceptors (Lipinski definition) is 3. The maximum atomic E-state index is 12.7. The molecule has 2 heterocycles. The van der Waals surface area contributed by atoms with Gasteiger partial charge in [0.1, 0.15) is 0 Å². The molecule has 1 saturated heterocycles. The van der Waals surface area contributed by atoms with Crippen LogP contribution < -0.4 is 0 Å². The van der Waals surface area contributed by atoms with Crippen LogP contribution in [0.1, 0.15) is 19.5 Å². The zero-order chi connectivity index (χ0) is 14.8. The highest BCUT2D eigenvalue weighted by molar-refractivity contribution is 4.99. The Kier molecular flexibility index (Phi) is 4.70. The molecule has 0 aliphatic carbocycles. The van der Waals surface area contributed by atoms with Crippen LogP contribution in [0, 0.1) is 5.92 Å².